The van der Waals surface area contributed by atoms with Crippen molar-refractivity contribution < 1.29 is 9.47 Å². The fraction of sp³-hybridized carbons (Fsp3) is 0.667. The predicted octanol–water partition coefficient (Wildman–Crippen LogP) is 4.08. The highest BCUT2D eigenvalue weighted by molar-refractivity contribution is 5.43. The zero-order valence-electron chi connectivity index (χ0n) is 13.2. The molecule has 0 amide bonds. The molecule has 1 N–H and O–H groups in total. The topological polar surface area (TPSA) is 30.5 Å². The van der Waals surface area contributed by atoms with Gasteiger partial charge in [-0.05, 0) is 43.9 Å². The molecule has 0 bridgehead atoms. The molecule has 1 aromatic rings. The lowest BCUT2D eigenvalue weighted by atomic mass is 9.84. The molecule has 1 aliphatic heterocycles. The molecule has 3 rings (SSSR count). The van der Waals surface area contributed by atoms with E-state index in [4.69, 9.17) is 9.47 Å². The van der Waals surface area contributed by atoms with Gasteiger partial charge in [0.25, 0.3) is 0 Å². The molecule has 1 heterocycles. The Morgan fingerprint density at radius 2 is 2.00 bits per heavy atom. The molecule has 1 fully saturated rings. The summed E-state index contributed by atoms with van der Waals surface area (Å²) in [5.74, 6) is 2.75. The molecule has 21 heavy (non-hydrogen) atoms. The first-order chi connectivity index (χ1) is 10.3. The number of fused-ring (bicyclic) bond motifs is 1. The molecular weight excluding hydrogens is 262 g/mol. The summed E-state index contributed by atoms with van der Waals surface area (Å²) >= 11 is 0. The Morgan fingerprint density at radius 3 is 2.76 bits per heavy atom. The van der Waals surface area contributed by atoms with Crippen molar-refractivity contribution in [2.24, 2.45) is 5.92 Å². The standard InChI is InChI=1S/C18H27NO2/c1-13(14-6-4-3-5-7-14)19-17-10-11-21-18-9-8-15(20-2)12-16(17)18/h8-9,12-14,17,19H,3-7,10-11H2,1-2H3/t13-,17?/m0/s1. The summed E-state index contributed by atoms with van der Waals surface area (Å²) in [6, 6.07) is 7.10. The smallest absolute Gasteiger partial charge is 0.124 e. The summed E-state index contributed by atoms with van der Waals surface area (Å²) < 4.78 is 11.2. The van der Waals surface area contributed by atoms with E-state index in [0.717, 1.165) is 30.4 Å². The molecule has 1 aliphatic carbocycles. The molecule has 0 radical (unpaired) electrons. The van der Waals surface area contributed by atoms with E-state index in [2.05, 4.69) is 18.3 Å². The summed E-state index contributed by atoms with van der Waals surface area (Å²) in [4.78, 5) is 0. The van der Waals surface area contributed by atoms with Gasteiger partial charge in [0.15, 0.2) is 0 Å². The van der Waals surface area contributed by atoms with Gasteiger partial charge in [0, 0.05) is 24.1 Å². The van der Waals surface area contributed by atoms with E-state index in [1.54, 1.807) is 7.11 Å². The number of rotatable bonds is 4. The van der Waals surface area contributed by atoms with Crippen LogP contribution in [0.25, 0.3) is 0 Å². The molecule has 2 aliphatic rings. The Hall–Kier alpha value is -1.22. The lowest BCUT2D eigenvalue weighted by Gasteiger charge is -2.34. The van der Waals surface area contributed by atoms with Gasteiger partial charge in [-0.15, -0.1) is 0 Å². The van der Waals surface area contributed by atoms with Crippen LogP contribution in [0.3, 0.4) is 0 Å². The van der Waals surface area contributed by atoms with Gasteiger partial charge in [-0.2, -0.15) is 0 Å². The van der Waals surface area contributed by atoms with Crippen molar-refractivity contribution in [2.75, 3.05) is 13.7 Å². The van der Waals surface area contributed by atoms with Gasteiger partial charge < -0.3 is 14.8 Å². The molecule has 0 aromatic heterocycles. The van der Waals surface area contributed by atoms with Crippen molar-refractivity contribution in [1.29, 1.82) is 0 Å². The largest absolute Gasteiger partial charge is 0.497 e. The number of benzene rings is 1. The monoisotopic (exact) mass is 289 g/mol. The molecule has 1 aromatic carbocycles. The Bertz CT molecular complexity index is 468. The number of nitrogens with one attached hydrogen (secondary N) is 1. The van der Waals surface area contributed by atoms with Crippen LogP contribution >= 0.6 is 0 Å². The van der Waals surface area contributed by atoms with Crippen LogP contribution in [-0.4, -0.2) is 19.8 Å². The average molecular weight is 289 g/mol. The van der Waals surface area contributed by atoms with E-state index >= 15 is 0 Å². The van der Waals surface area contributed by atoms with E-state index in [9.17, 15) is 0 Å². The van der Waals surface area contributed by atoms with Gasteiger partial charge in [-0.3, -0.25) is 0 Å². The molecule has 1 unspecified atom stereocenters. The van der Waals surface area contributed by atoms with Crippen molar-refractivity contribution in [3.05, 3.63) is 23.8 Å². The molecular formula is C18H27NO2. The van der Waals surface area contributed by atoms with Crippen LogP contribution < -0.4 is 14.8 Å². The third kappa shape index (κ3) is 3.34. The number of methoxy groups -OCH3 is 1. The van der Waals surface area contributed by atoms with Crippen molar-refractivity contribution >= 4 is 0 Å². The SMILES string of the molecule is COc1ccc2c(c1)C(N[C@@H](C)C1CCCCC1)CCO2. The third-order valence-corrected chi connectivity index (χ3v) is 5.08. The van der Waals surface area contributed by atoms with Crippen molar-refractivity contribution in [2.45, 2.75) is 57.5 Å². The molecule has 2 atom stereocenters. The highest BCUT2D eigenvalue weighted by Crippen LogP contribution is 2.36. The highest BCUT2D eigenvalue weighted by Gasteiger charge is 2.27. The van der Waals surface area contributed by atoms with Crippen molar-refractivity contribution in [1.82, 2.24) is 5.32 Å². The average Bonchev–Trinajstić information content (AvgIpc) is 2.55. The maximum atomic E-state index is 5.78. The maximum Gasteiger partial charge on any atom is 0.124 e. The molecule has 0 spiro atoms. The number of ether oxygens (including phenoxy) is 2. The zero-order chi connectivity index (χ0) is 14.7. The Morgan fingerprint density at radius 1 is 1.19 bits per heavy atom. The minimum Gasteiger partial charge on any atom is -0.497 e. The quantitative estimate of drug-likeness (QED) is 0.906. The summed E-state index contributed by atoms with van der Waals surface area (Å²) in [6.45, 7) is 3.15. The Labute approximate surface area is 128 Å². The van der Waals surface area contributed by atoms with Gasteiger partial charge in [0.2, 0.25) is 0 Å². The summed E-state index contributed by atoms with van der Waals surface area (Å²) in [7, 11) is 1.72. The lowest BCUT2D eigenvalue weighted by Crippen LogP contribution is -2.39. The minimum atomic E-state index is 0.390. The van der Waals surface area contributed by atoms with Crippen molar-refractivity contribution in [3.8, 4) is 11.5 Å². The first-order valence-electron chi connectivity index (χ1n) is 8.34. The summed E-state index contributed by atoms with van der Waals surface area (Å²) in [6.07, 6.45) is 8.01. The van der Waals surface area contributed by atoms with Crippen LogP contribution in [-0.2, 0) is 0 Å². The molecule has 0 saturated heterocycles. The van der Waals surface area contributed by atoms with E-state index in [1.807, 2.05) is 12.1 Å². The molecule has 1 saturated carbocycles. The Balaban J connectivity index is 1.71. The second kappa shape index (κ2) is 6.69. The van der Waals surface area contributed by atoms with Crippen molar-refractivity contribution in [3.63, 3.8) is 0 Å². The normalized spacial score (nSPS) is 24.0. The molecule has 3 nitrogen and oxygen atoms in total. The van der Waals surface area contributed by atoms with E-state index in [0.29, 0.717) is 12.1 Å². The van der Waals surface area contributed by atoms with Crippen LogP contribution in [0.1, 0.15) is 57.1 Å². The van der Waals surface area contributed by atoms with E-state index < -0.39 is 0 Å². The number of hydrogen-bond donors (Lipinski definition) is 1. The first kappa shape index (κ1) is 14.7. The number of hydrogen-bond acceptors (Lipinski definition) is 3. The second-order valence-corrected chi connectivity index (χ2v) is 6.45. The summed E-state index contributed by atoms with van der Waals surface area (Å²) in [5.41, 5.74) is 1.25. The van der Waals surface area contributed by atoms with Gasteiger partial charge in [0.05, 0.1) is 13.7 Å². The summed E-state index contributed by atoms with van der Waals surface area (Å²) in [5, 5.41) is 3.86. The van der Waals surface area contributed by atoms with Gasteiger partial charge in [-0.25, -0.2) is 0 Å². The Kier molecular flexibility index (Phi) is 4.69. The molecule has 3 heteroatoms. The van der Waals surface area contributed by atoms with Crippen LogP contribution in [0.15, 0.2) is 18.2 Å². The first-order valence-corrected chi connectivity index (χ1v) is 8.34. The highest BCUT2D eigenvalue weighted by atomic mass is 16.5. The fourth-order valence-corrected chi connectivity index (χ4v) is 3.76. The van der Waals surface area contributed by atoms with Gasteiger partial charge >= 0.3 is 0 Å². The zero-order valence-corrected chi connectivity index (χ0v) is 13.2. The van der Waals surface area contributed by atoms with Gasteiger partial charge in [0.1, 0.15) is 11.5 Å². The van der Waals surface area contributed by atoms with Crippen LogP contribution in [0.5, 0.6) is 11.5 Å². The van der Waals surface area contributed by atoms with Crippen LogP contribution in [0, 0.1) is 5.92 Å². The van der Waals surface area contributed by atoms with Crippen LogP contribution in [0.4, 0.5) is 0 Å². The lowest BCUT2D eigenvalue weighted by molar-refractivity contribution is 0.215. The fourth-order valence-electron chi connectivity index (χ4n) is 3.76. The second-order valence-electron chi connectivity index (χ2n) is 6.45. The third-order valence-electron chi connectivity index (χ3n) is 5.08. The maximum absolute atomic E-state index is 5.78. The van der Waals surface area contributed by atoms with Gasteiger partial charge in [-0.1, -0.05) is 19.3 Å². The molecule has 116 valence electrons. The van der Waals surface area contributed by atoms with E-state index in [1.165, 1.54) is 37.7 Å². The predicted molar refractivity (Wildman–Crippen MR) is 85.0 cm³/mol. The minimum absolute atomic E-state index is 0.390. The van der Waals surface area contributed by atoms with E-state index in [-0.39, 0.29) is 0 Å². The van der Waals surface area contributed by atoms with Crippen LogP contribution in [0.2, 0.25) is 0 Å².